The first kappa shape index (κ1) is 16.9. The number of thiazole rings is 1. The summed E-state index contributed by atoms with van der Waals surface area (Å²) >= 11 is 1.73. The normalized spacial score (nSPS) is 25.5. The Morgan fingerprint density at radius 3 is 2.74 bits per heavy atom. The molecule has 1 aromatic rings. The van der Waals surface area contributed by atoms with Crippen molar-refractivity contribution in [2.45, 2.75) is 45.2 Å². The molecule has 0 aromatic carbocycles. The van der Waals surface area contributed by atoms with Crippen molar-refractivity contribution in [3.8, 4) is 0 Å². The first-order valence-electron chi connectivity index (χ1n) is 8.80. The molecule has 23 heavy (non-hydrogen) atoms. The zero-order valence-corrected chi connectivity index (χ0v) is 15.1. The average Bonchev–Trinajstić information content (AvgIpc) is 3.09. The van der Waals surface area contributed by atoms with E-state index in [0.29, 0.717) is 24.5 Å². The highest BCUT2D eigenvalue weighted by Crippen LogP contribution is 2.23. The summed E-state index contributed by atoms with van der Waals surface area (Å²) in [4.78, 5) is 23.9. The summed E-state index contributed by atoms with van der Waals surface area (Å²) in [6, 6.07) is 0.803. The molecule has 2 fully saturated rings. The molecule has 0 aliphatic carbocycles. The smallest absolute Gasteiger partial charge is 0.236 e. The molecule has 1 aromatic heterocycles. The van der Waals surface area contributed by atoms with Gasteiger partial charge < -0.3 is 4.90 Å². The molecule has 0 radical (unpaired) electrons. The Morgan fingerprint density at radius 1 is 1.30 bits per heavy atom. The third-order valence-electron chi connectivity index (χ3n) is 5.25. The summed E-state index contributed by atoms with van der Waals surface area (Å²) in [6.45, 7) is 9.94. The molecule has 0 unspecified atom stereocenters. The fraction of sp³-hybridized carbons (Fsp3) is 0.765. The number of hydrogen-bond donors (Lipinski definition) is 0. The summed E-state index contributed by atoms with van der Waals surface area (Å²) in [7, 11) is 0. The van der Waals surface area contributed by atoms with Gasteiger partial charge in [0.1, 0.15) is 5.01 Å². The number of nitrogens with zero attached hydrogens (tertiary/aromatic N) is 4. The Morgan fingerprint density at radius 2 is 2.09 bits per heavy atom. The van der Waals surface area contributed by atoms with Crippen LogP contribution in [0.5, 0.6) is 0 Å². The van der Waals surface area contributed by atoms with Crippen molar-refractivity contribution < 1.29 is 4.79 Å². The second-order valence-corrected chi connectivity index (χ2v) is 7.72. The highest BCUT2D eigenvalue weighted by atomic mass is 32.1. The molecule has 3 heterocycles. The van der Waals surface area contributed by atoms with E-state index in [4.69, 9.17) is 0 Å². The number of aromatic nitrogens is 1. The van der Waals surface area contributed by atoms with E-state index in [2.05, 4.69) is 33.5 Å². The van der Waals surface area contributed by atoms with E-state index in [1.807, 2.05) is 11.6 Å². The van der Waals surface area contributed by atoms with Crippen LogP contribution >= 0.6 is 11.3 Å². The average molecular weight is 337 g/mol. The third kappa shape index (κ3) is 4.11. The molecule has 0 N–H and O–H groups in total. The quantitative estimate of drug-likeness (QED) is 0.845. The fourth-order valence-corrected chi connectivity index (χ4v) is 4.39. The topological polar surface area (TPSA) is 39.7 Å². The maximum Gasteiger partial charge on any atom is 0.236 e. The molecule has 2 aliphatic heterocycles. The van der Waals surface area contributed by atoms with Gasteiger partial charge in [-0.3, -0.25) is 14.6 Å². The van der Waals surface area contributed by atoms with Crippen LogP contribution in [-0.2, 0) is 4.79 Å². The van der Waals surface area contributed by atoms with Crippen molar-refractivity contribution in [2.24, 2.45) is 0 Å². The predicted molar refractivity (Wildman–Crippen MR) is 93.6 cm³/mol. The van der Waals surface area contributed by atoms with Crippen LogP contribution in [0.1, 0.15) is 44.2 Å². The Labute approximate surface area is 143 Å². The highest BCUT2D eigenvalue weighted by molar-refractivity contribution is 7.09. The Hall–Kier alpha value is -0.980. The van der Waals surface area contributed by atoms with Gasteiger partial charge in [-0.05, 0) is 33.1 Å². The van der Waals surface area contributed by atoms with Crippen LogP contribution in [0.15, 0.2) is 11.6 Å². The number of carbonyl (C=O) groups is 1. The van der Waals surface area contributed by atoms with E-state index in [9.17, 15) is 4.79 Å². The van der Waals surface area contributed by atoms with Gasteiger partial charge in [-0.1, -0.05) is 0 Å². The minimum Gasteiger partial charge on any atom is -0.339 e. The van der Waals surface area contributed by atoms with Crippen LogP contribution in [-0.4, -0.2) is 70.9 Å². The first-order valence-corrected chi connectivity index (χ1v) is 9.68. The van der Waals surface area contributed by atoms with Crippen LogP contribution in [0.2, 0.25) is 0 Å². The predicted octanol–water partition coefficient (Wildman–Crippen LogP) is 2.22. The number of amides is 1. The van der Waals surface area contributed by atoms with Gasteiger partial charge in [-0.2, -0.15) is 0 Å². The zero-order chi connectivity index (χ0) is 16.2. The lowest BCUT2D eigenvalue weighted by Gasteiger charge is -2.39. The van der Waals surface area contributed by atoms with Crippen molar-refractivity contribution in [3.63, 3.8) is 0 Å². The fourth-order valence-electron chi connectivity index (χ4n) is 3.66. The van der Waals surface area contributed by atoms with Crippen LogP contribution < -0.4 is 0 Å². The monoisotopic (exact) mass is 336 g/mol. The zero-order valence-electron chi connectivity index (χ0n) is 14.3. The van der Waals surface area contributed by atoms with Crippen molar-refractivity contribution in [1.29, 1.82) is 0 Å². The molecule has 0 bridgehead atoms. The Kier molecular flexibility index (Phi) is 5.67. The van der Waals surface area contributed by atoms with Gasteiger partial charge >= 0.3 is 0 Å². The molecule has 128 valence electrons. The largest absolute Gasteiger partial charge is 0.339 e. The number of likely N-dealkylation sites (tertiary alicyclic amines) is 1. The van der Waals surface area contributed by atoms with Crippen molar-refractivity contribution in [2.75, 3.05) is 39.3 Å². The molecule has 2 atom stereocenters. The summed E-state index contributed by atoms with van der Waals surface area (Å²) in [5, 5.41) is 3.23. The van der Waals surface area contributed by atoms with E-state index in [1.54, 1.807) is 11.3 Å². The highest BCUT2D eigenvalue weighted by Gasteiger charge is 2.27. The molecule has 2 aliphatic rings. The van der Waals surface area contributed by atoms with Crippen LogP contribution in [0.25, 0.3) is 0 Å². The summed E-state index contributed by atoms with van der Waals surface area (Å²) in [5.74, 6) is 0.318. The number of hydrogen-bond acceptors (Lipinski definition) is 5. The molecule has 1 amide bonds. The molecule has 3 rings (SSSR count). The SMILES string of the molecule is C[C@@H](c1nccs1)N1CCN(CC(=O)N2CCCC[C@@H]2C)CC1. The van der Waals surface area contributed by atoms with Gasteiger partial charge in [0, 0.05) is 50.3 Å². The molecule has 5 nitrogen and oxygen atoms in total. The molecule has 0 saturated carbocycles. The standard InChI is InChI=1S/C17H28N4OS/c1-14-5-3-4-7-21(14)16(22)13-19-8-10-20(11-9-19)15(2)17-18-6-12-23-17/h6,12,14-15H,3-5,7-11,13H2,1-2H3/t14-,15-/m0/s1. The van der Waals surface area contributed by atoms with E-state index in [-0.39, 0.29) is 0 Å². The van der Waals surface area contributed by atoms with E-state index in [0.717, 1.165) is 45.6 Å². The number of piperidine rings is 1. The molecular weight excluding hydrogens is 308 g/mol. The maximum atomic E-state index is 12.5. The maximum absolute atomic E-state index is 12.5. The number of carbonyl (C=O) groups excluding carboxylic acids is 1. The van der Waals surface area contributed by atoms with Gasteiger partial charge in [0.15, 0.2) is 0 Å². The van der Waals surface area contributed by atoms with Crippen molar-refractivity contribution in [1.82, 2.24) is 19.7 Å². The third-order valence-corrected chi connectivity index (χ3v) is 6.19. The van der Waals surface area contributed by atoms with Crippen LogP contribution in [0.3, 0.4) is 0 Å². The van der Waals surface area contributed by atoms with Gasteiger partial charge in [-0.25, -0.2) is 4.98 Å². The van der Waals surface area contributed by atoms with Crippen molar-refractivity contribution >= 4 is 17.2 Å². The van der Waals surface area contributed by atoms with Crippen molar-refractivity contribution in [3.05, 3.63) is 16.6 Å². The summed E-state index contributed by atoms with van der Waals surface area (Å²) in [5.41, 5.74) is 0. The minimum atomic E-state index is 0.318. The van der Waals surface area contributed by atoms with Gasteiger partial charge in [0.2, 0.25) is 5.91 Å². The van der Waals surface area contributed by atoms with Gasteiger partial charge in [0.05, 0.1) is 12.6 Å². The lowest BCUT2D eigenvalue weighted by Crippen LogP contribution is -2.52. The Bertz CT molecular complexity index is 499. The number of rotatable bonds is 4. The molecule has 2 saturated heterocycles. The van der Waals surface area contributed by atoms with Gasteiger partial charge in [0.25, 0.3) is 0 Å². The Balaban J connectivity index is 1.46. The van der Waals surface area contributed by atoms with Crippen LogP contribution in [0.4, 0.5) is 0 Å². The van der Waals surface area contributed by atoms with E-state index in [1.165, 1.54) is 11.4 Å². The molecule has 0 spiro atoms. The second-order valence-electron chi connectivity index (χ2n) is 6.79. The lowest BCUT2D eigenvalue weighted by molar-refractivity contribution is -0.136. The van der Waals surface area contributed by atoms with E-state index >= 15 is 0 Å². The minimum absolute atomic E-state index is 0.318. The summed E-state index contributed by atoms with van der Waals surface area (Å²) < 4.78 is 0. The molecular formula is C17H28N4OS. The lowest BCUT2D eigenvalue weighted by atomic mass is 10.0. The second kappa shape index (κ2) is 7.73. The molecule has 6 heteroatoms. The first-order chi connectivity index (χ1) is 11.1. The van der Waals surface area contributed by atoms with Crippen LogP contribution in [0, 0.1) is 0 Å². The van der Waals surface area contributed by atoms with Gasteiger partial charge in [-0.15, -0.1) is 11.3 Å². The number of piperazine rings is 1. The van der Waals surface area contributed by atoms with E-state index < -0.39 is 0 Å². The summed E-state index contributed by atoms with van der Waals surface area (Å²) in [6.07, 6.45) is 5.46.